The highest BCUT2D eigenvalue weighted by molar-refractivity contribution is 5.76. The third-order valence-corrected chi connectivity index (χ3v) is 5.70. The first-order valence-corrected chi connectivity index (χ1v) is 9.75. The summed E-state index contributed by atoms with van der Waals surface area (Å²) in [5.41, 5.74) is 1.80. The maximum absolute atomic E-state index is 12.7. The molecule has 5 heteroatoms. The Morgan fingerprint density at radius 1 is 1.24 bits per heavy atom. The molecule has 0 aliphatic carbocycles. The molecule has 1 amide bonds. The first-order valence-electron chi connectivity index (χ1n) is 9.75. The smallest absolute Gasteiger partial charge is 0.224 e. The molecule has 0 unspecified atom stereocenters. The molecule has 0 bridgehead atoms. The number of nitrogens with zero attached hydrogens (tertiary/aromatic N) is 4. The van der Waals surface area contributed by atoms with Crippen molar-refractivity contribution in [1.29, 1.82) is 0 Å². The summed E-state index contributed by atoms with van der Waals surface area (Å²) < 4.78 is 1.93. The molecule has 25 heavy (non-hydrogen) atoms. The summed E-state index contributed by atoms with van der Waals surface area (Å²) in [5, 5.41) is 4.28. The van der Waals surface area contributed by atoms with Crippen LogP contribution in [-0.2, 0) is 11.3 Å². The van der Waals surface area contributed by atoms with Crippen LogP contribution in [0.4, 0.5) is 0 Å². The van der Waals surface area contributed by atoms with E-state index in [1.165, 1.54) is 25.8 Å². The molecule has 2 aliphatic rings. The van der Waals surface area contributed by atoms with Crippen LogP contribution >= 0.6 is 0 Å². The molecule has 1 atom stereocenters. The van der Waals surface area contributed by atoms with Gasteiger partial charge in [0.25, 0.3) is 0 Å². The summed E-state index contributed by atoms with van der Waals surface area (Å²) in [7, 11) is 0. The molecule has 1 spiro atoms. The van der Waals surface area contributed by atoms with Gasteiger partial charge < -0.3 is 9.80 Å². The minimum Gasteiger partial charge on any atom is -0.342 e. The van der Waals surface area contributed by atoms with Crippen molar-refractivity contribution in [3.63, 3.8) is 0 Å². The van der Waals surface area contributed by atoms with Gasteiger partial charge in [0.1, 0.15) is 0 Å². The Labute approximate surface area is 152 Å². The van der Waals surface area contributed by atoms with E-state index in [2.05, 4.69) is 35.7 Å². The summed E-state index contributed by atoms with van der Waals surface area (Å²) in [6, 6.07) is 1.99. The molecule has 0 N–H and O–H groups in total. The molecule has 0 radical (unpaired) electrons. The fourth-order valence-electron chi connectivity index (χ4n) is 4.59. The van der Waals surface area contributed by atoms with Gasteiger partial charge in [-0.15, -0.1) is 0 Å². The van der Waals surface area contributed by atoms with Crippen molar-refractivity contribution < 1.29 is 4.79 Å². The van der Waals surface area contributed by atoms with Gasteiger partial charge in [-0.2, -0.15) is 5.10 Å². The highest BCUT2D eigenvalue weighted by atomic mass is 16.2. The second-order valence-electron chi connectivity index (χ2n) is 9.39. The summed E-state index contributed by atoms with van der Waals surface area (Å²) in [6.45, 7) is 15.1. The van der Waals surface area contributed by atoms with E-state index in [1.807, 2.05) is 17.7 Å². The second kappa shape index (κ2) is 7.10. The quantitative estimate of drug-likeness (QED) is 0.842. The number of amides is 1. The number of piperidine rings is 1. The Morgan fingerprint density at radius 2 is 2.04 bits per heavy atom. The number of hydrogen-bond acceptors (Lipinski definition) is 3. The number of hydrogen-bond donors (Lipinski definition) is 0. The third kappa shape index (κ3) is 4.63. The van der Waals surface area contributed by atoms with Crippen LogP contribution in [0.3, 0.4) is 0 Å². The number of carbonyl (C=O) groups excluding carboxylic acids is 1. The first-order chi connectivity index (χ1) is 11.8. The Bertz CT molecular complexity index is 603. The largest absolute Gasteiger partial charge is 0.342 e. The zero-order valence-electron chi connectivity index (χ0n) is 16.4. The summed E-state index contributed by atoms with van der Waals surface area (Å²) >= 11 is 0. The van der Waals surface area contributed by atoms with Gasteiger partial charge in [0, 0.05) is 56.5 Å². The van der Waals surface area contributed by atoms with Crippen molar-refractivity contribution in [3.05, 3.63) is 18.0 Å². The lowest BCUT2D eigenvalue weighted by molar-refractivity contribution is -0.131. The molecule has 3 rings (SSSR count). The molecule has 0 aromatic carbocycles. The topological polar surface area (TPSA) is 41.4 Å². The average Bonchev–Trinajstić information content (AvgIpc) is 3.10. The zero-order chi connectivity index (χ0) is 18.1. The van der Waals surface area contributed by atoms with Gasteiger partial charge in [0.05, 0.1) is 0 Å². The first kappa shape index (κ1) is 18.4. The minimum atomic E-state index is 0.291. The van der Waals surface area contributed by atoms with E-state index in [-0.39, 0.29) is 0 Å². The Balaban J connectivity index is 1.53. The Morgan fingerprint density at radius 3 is 2.72 bits per heavy atom. The van der Waals surface area contributed by atoms with Gasteiger partial charge >= 0.3 is 0 Å². The van der Waals surface area contributed by atoms with E-state index < -0.39 is 0 Å². The highest BCUT2D eigenvalue weighted by Gasteiger charge is 2.42. The van der Waals surface area contributed by atoms with Crippen molar-refractivity contribution in [1.82, 2.24) is 19.6 Å². The molecule has 0 saturated carbocycles. The lowest BCUT2D eigenvalue weighted by Crippen LogP contribution is -2.47. The molecule has 3 heterocycles. The monoisotopic (exact) mass is 346 g/mol. The molecule has 2 fully saturated rings. The standard InChI is InChI=1S/C20H34N4O/c1-17-6-10-21-24(17)12-7-18(25)23-13-9-20(16-23)8-5-11-22(15-20)14-19(2,3)4/h6,10H,5,7-9,11-16H2,1-4H3/t20-/m0/s1. The van der Waals surface area contributed by atoms with Gasteiger partial charge in [-0.1, -0.05) is 20.8 Å². The van der Waals surface area contributed by atoms with E-state index in [9.17, 15) is 4.79 Å². The van der Waals surface area contributed by atoms with Crippen LogP contribution in [0.25, 0.3) is 0 Å². The number of aromatic nitrogens is 2. The maximum atomic E-state index is 12.7. The maximum Gasteiger partial charge on any atom is 0.224 e. The summed E-state index contributed by atoms with van der Waals surface area (Å²) in [5.74, 6) is 0.291. The molecular formula is C20H34N4O. The molecule has 2 saturated heterocycles. The van der Waals surface area contributed by atoms with Crippen LogP contribution in [0, 0.1) is 17.8 Å². The normalized spacial score (nSPS) is 25.0. The number of rotatable bonds is 4. The zero-order valence-corrected chi connectivity index (χ0v) is 16.4. The number of aryl methyl sites for hydroxylation is 2. The Hall–Kier alpha value is -1.36. The van der Waals surface area contributed by atoms with Crippen molar-refractivity contribution in [2.24, 2.45) is 10.8 Å². The van der Waals surface area contributed by atoms with Crippen LogP contribution in [-0.4, -0.2) is 58.2 Å². The number of carbonyl (C=O) groups is 1. The van der Waals surface area contributed by atoms with Crippen LogP contribution in [0.15, 0.2) is 12.3 Å². The van der Waals surface area contributed by atoms with Gasteiger partial charge in [0.2, 0.25) is 5.91 Å². The van der Waals surface area contributed by atoms with Crippen LogP contribution < -0.4 is 0 Å². The number of likely N-dealkylation sites (tertiary alicyclic amines) is 2. The lowest BCUT2D eigenvalue weighted by Gasteiger charge is -2.42. The van der Waals surface area contributed by atoms with E-state index >= 15 is 0 Å². The van der Waals surface area contributed by atoms with E-state index in [0.29, 0.717) is 29.7 Å². The molecule has 140 valence electrons. The molecule has 1 aromatic heterocycles. The predicted molar refractivity (Wildman–Crippen MR) is 100 cm³/mol. The van der Waals surface area contributed by atoms with E-state index in [4.69, 9.17) is 0 Å². The van der Waals surface area contributed by atoms with Crippen molar-refractivity contribution >= 4 is 5.91 Å². The van der Waals surface area contributed by atoms with Gasteiger partial charge in [0.15, 0.2) is 0 Å². The third-order valence-electron chi connectivity index (χ3n) is 5.70. The molecule has 2 aliphatic heterocycles. The molecule has 5 nitrogen and oxygen atoms in total. The van der Waals surface area contributed by atoms with Crippen LogP contribution in [0.2, 0.25) is 0 Å². The average molecular weight is 347 g/mol. The summed E-state index contributed by atoms with van der Waals surface area (Å²) in [6.07, 6.45) is 6.07. The van der Waals surface area contributed by atoms with Crippen LogP contribution in [0.5, 0.6) is 0 Å². The summed E-state index contributed by atoms with van der Waals surface area (Å²) in [4.78, 5) is 17.4. The second-order valence-corrected chi connectivity index (χ2v) is 9.39. The SMILES string of the molecule is Cc1ccnn1CCC(=O)N1CC[C@]2(CCCN(CC(C)(C)C)C2)C1. The highest BCUT2D eigenvalue weighted by Crippen LogP contribution is 2.39. The van der Waals surface area contributed by atoms with Gasteiger partial charge in [-0.05, 0) is 44.2 Å². The molecular weight excluding hydrogens is 312 g/mol. The van der Waals surface area contributed by atoms with E-state index in [1.54, 1.807) is 6.20 Å². The predicted octanol–water partition coefficient (Wildman–Crippen LogP) is 2.94. The van der Waals surface area contributed by atoms with Crippen molar-refractivity contribution in [2.75, 3.05) is 32.7 Å². The van der Waals surface area contributed by atoms with Gasteiger partial charge in [-0.25, -0.2) is 0 Å². The van der Waals surface area contributed by atoms with Gasteiger partial charge in [-0.3, -0.25) is 9.48 Å². The fourth-order valence-corrected chi connectivity index (χ4v) is 4.59. The van der Waals surface area contributed by atoms with Crippen molar-refractivity contribution in [3.8, 4) is 0 Å². The van der Waals surface area contributed by atoms with Crippen LogP contribution in [0.1, 0.15) is 52.1 Å². The van der Waals surface area contributed by atoms with E-state index in [0.717, 1.165) is 31.9 Å². The lowest BCUT2D eigenvalue weighted by atomic mass is 9.78. The minimum absolute atomic E-state index is 0.291. The fraction of sp³-hybridized carbons (Fsp3) is 0.800. The van der Waals surface area contributed by atoms with Crippen molar-refractivity contribution in [2.45, 2.75) is 59.9 Å². The molecule has 1 aromatic rings. The Kier molecular flexibility index (Phi) is 5.24.